The van der Waals surface area contributed by atoms with Gasteiger partial charge in [0.05, 0.1) is 17.4 Å². The molecule has 0 aliphatic heterocycles. The third kappa shape index (κ3) is 5.15. The van der Waals surface area contributed by atoms with Crippen LogP contribution in [0.25, 0.3) is 0 Å². The van der Waals surface area contributed by atoms with Crippen molar-refractivity contribution >= 4 is 23.2 Å². The van der Waals surface area contributed by atoms with E-state index >= 15 is 0 Å². The van der Waals surface area contributed by atoms with Crippen molar-refractivity contribution in [3.8, 4) is 0 Å². The smallest absolute Gasteiger partial charge is 0.340 e. The SMILES string of the molecule is CC(C)NC(=O)Nc1ccc(Nc2cccc(C(F)(F)F)c2)nc1. The van der Waals surface area contributed by atoms with Crippen LogP contribution in [-0.4, -0.2) is 17.1 Å². The van der Waals surface area contributed by atoms with Gasteiger partial charge in [0, 0.05) is 11.7 Å². The number of aromatic nitrogens is 1. The summed E-state index contributed by atoms with van der Waals surface area (Å²) in [4.78, 5) is 15.6. The van der Waals surface area contributed by atoms with E-state index in [9.17, 15) is 18.0 Å². The molecule has 1 aromatic heterocycles. The maximum atomic E-state index is 12.7. The molecule has 0 bridgehead atoms. The Balaban J connectivity index is 2.03. The first kappa shape index (κ1) is 17.6. The maximum Gasteiger partial charge on any atom is 0.416 e. The molecule has 2 aromatic rings. The predicted molar refractivity (Wildman–Crippen MR) is 86.3 cm³/mol. The van der Waals surface area contributed by atoms with Gasteiger partial charge in [0.2, 0.25) is 0 Å². The lowest BCUT2D eigenvalue weighted by atomic mass is 10.2. The lowest BCUT2D eigenvalue weighted by Crippen LogP contribution is -2.34. The molecule has 0 aliphatic carbocycles. The Morgan fingerprint density at radius 1 is 1.12 bits per heavy atom. The van der Waals surface area contributed by atoms with Gasteiger partial charge < -0.3 is 16.0 Å². The van der Waals surface area contributed by atoms with Crippen molar-refractivity contribution in [2.45, 2.75) is 26.1 Å². The number of carbonyl (C=O) groups is 1. The third-order valence-corrected chi connectivity index (χ3v) is 2.90. The highest BCUT2D eigenvalue weighted by Crippen LogP contribution is 2.31. The third-order valence-electron chi connectivity index (χ3n) is 2.90. The van der Waals surface area contributed by atoms with E-state index in [1.54, 1.807) is 12.1 Å². The van der Waals surface area contributed by atoms with Crippen LogP contribution in [0, 0.1) is 0 Å². The molecular weight excluding hydrogens is 321 g/mol. The summed E-state index contributed by atoms with van der Waals surface area (Å²) in [5.41, 5.74) is 0.00877. The van der Waals surface area contributed by atoms with Crippen molar-refractivity contribution in [1.29, 1.82) is 0 Å². The predicted octanol–water partition coefficient (Wildman–Crippen LogP) is 4.37. The second kappa shape index (κ2) is 7.20. The van der Waals surface area contributed by atoms with E-state index in [-0.39, 0.29) is 17.8 Å². The molecule has 24 heavy (non-hydrogen) atoms. The fourth-order valence-corrected chi connectivity index (χ4v) is 1.89. The van der Waals surface area contributed by atoms with Crippen molar-refractivity contribution in [2.24, 2.45) is 0 Å². The molecule has 0 atom stereocenters. The molecule has 3 N–H and O–H groups in total. The van der Waals surface area contributed by atoms with Gasteiger partial charge in [0.25, 0.3) is 0 Å². The minimum atomic E-state index is -4.40. The quantitative estimate of drug-likeness (QED) is 0.775. The number of amides is 2. The molecule has 0 saturated heterocycles. The van der Waals surface area contributed by atoms with Crippen LogP contribution in [-0.2, 0) is 6.18 Å². The molecule has 0 unspecified atom stereocenters. The molecule has 2 amide bonds. The fourth-order valence-electron chi connectivity index (χ4n) is 1.89. The van der Waals surface area contributed by atoms with Gasteiger partial charge in [0.1, 0.15) is 5.82 Å². The van der Waals surface area contributed by atoms with Crippen molar-refractivity contribution < 1.29 is 18.0 Å². The molecule has 128 valence electrons. The number of pyridine rings is 1. The zero-order valence-corrected chi connectivity index (χ0v) is 13.1. The van der Waals surface area contributed by atoms with Gasteiger partial charge in [-0.2, -0.15) is 13.2 Å². The zero-order valence-electron chi connectivity index (χ0n) is 13.1. The number of urea groups is 1. The van der Waals surface area contributed by atoms with Crippen molar-refractivity contribution in [3.05, 3.63) is 48.2 Å². The zero-order chi connectivity index (χ0) is 17.7. The second-order valence-electron chi connectivity index (χ2n) is 5.39. The largest absolute Gasteiger partial charge is 0.416 e. The lowest BCUT2D eigenvalue weighted by molar-refractivity contribution is -0.137. The number of halogens is 3. The number of nitrogens with zero attached hydrogens (tertiary/aromatic N) is 1. The van der Waals surface area contributed by atoms with Gasteiger partial charge in [0.15, 0.2) is 0 Å². The highest BCUT2D eigenvalue weighted by molar-refractivity contribution is 5.89. The van der Waals surface area contributed by atoms with Crippen LogP contribution in [0.2, 0.25) is 0 Å². The number of hydrogen-bond donors (Lipinski definition) is 3. The summed E-state index contributed by atoms with van der Waals surface area (Å²) in [5.74, 6) is 0.365. The Labute approximate surface area is 137 Å². The first-order valence-electron chi connectivity index (χ1n) is 7.22. The average molecular weight is 338 g/mol. The van der Waals surface area contributed by atoms with Crippen LogP contribution >= 0.6 is 0 Å². The minimum Gasteiger partial charge on any atom is -0.340 e. The summed E-state index contributed by atoms with van der Waals surface area (Å²) in [6, 6.07) is 7.64. The van der Waals surface area contributed by atoms with Crippen LogP contribution in [0.15, 0.2) is 42.6 Å². The average Bonchev–Trinajstić information content (AvgIpc) is 2.48. The van der Waals surface area contributed by atoms with E-state index in [0.717, 1.165) is 12.1 Å². The molecule has 0 spiro atoms. The Morgan fingerprint density at radius 2 is 1.88 bits per heavy atom. The molecule has 0 fully saturated rings. The summed E-state index contributed by atoms with van der Waals surface area (Å²) in [6.45, 7) is 3.67. The van der Waals surface area contributed by atoms with Crippen LogP contribution < -0.4 is 16.0 Å². The van der Waals surface area contributed by atoms with Crippen LogP contribution in [0.4, 0.5) is 35.2 Å². The van der Waals surface area contributed by atoms with E-state index in [4.69, 9.17) is 0 Å². The second-order valence-corrected chi connectivity index (χ2v) is 5.39. The van der Waals surface area contributed by atoms with E-state index < -0.39 is 11.7 Å². The van der Waals surface area contributed by atoms with Crippen LogP contribution in [0.3, 0.4) is 0 Å². The first-order valence-corrected chi connectivity index (χ1v) is 7.22. The molecule has 2 rings (SSSR count). The van der Waals surface area contributed by atoms with Crippen molar-refractivity contribution in [3.63, 3.8) is 0 Å². The van der Waals surface area contributed by atoms with E-state index in [1.807, 2.05) is 13.8 Å². The minimum absolute atomic E-state index is 0.000178. The number of nitrogens with one attached hydrogen (secondary N) is 3. The topological polar surface area (TPSA) is 66.1 Å². The highest BCUT2D eigenvalue weighted by Gasteiger charge is 2.30. The molecule has 8 heteroatoms. The highest BCUT2D eigenvalue weighted by atomic mass is 19.4. The van der Waals surface area contributed by atoms with Crippen molar-refractivity contribution in [2.75, 3.05) is 10.6 Å². The number of anilines is 3. The van der Waals surface area contributed by atoms with Gasteiger partial charge in [-0.05, 0) is 44.2 Å². The molecule has 1 aromatic carbocycles. The molecule has 1 heterocycles. The number of carbonyl (C=O) groups excluding carboxylic acids is 1. The van der Waals surface area contributed by atoms with Crippen LogP contribution in [0.1, 0.15) is 19.4 Å². The lowest BCUT2D eigenvalue weighted by Gasteiger charge is -2.12. The van der Waals surface area contributed by atoms with Crippen molar-refractivity contribution in [1.82, 2.24) is 10.3 Å². The number of hydrogen-bond acceptors (Lipinski definition) is 3. The molecule has 5 nitrogen and oxygen atoms in total. The maximum absolute atomic E-state index is 12.7. The van der Waals surface area contributed by atoms with Crippen LogP contribution in [0.5, 0.6) is 0 Å². The number of alkyl halides is 3. The molecule has 0 saturated carbocycles. The molecular formula is C16H17F3N4O. The number of benzene rings is 1. The summed E-state index contributed by atoms with van der Waals surface area (Å²) < 4.78 is 38.0. The van der Waals surface area contributed by atoms with E-state index in [2.05, 4.69) is 20.9 Å². The van der Waals surface area contributed by atoms with Gasteiger partial charge >= 0.3 is 12.2 Å². The Morgan fingerprint density at radius 3 is 2.46 bits per heavy atom. The van der Waals surface area contributed by atoms with Gasteiger partial charge in [-0.1, -0.05) is 6.07 Å². The molecule has 0 aliphatic rings. The van der Waals surface area contributed by atoms with Gasteiger partial charge in [-0.25, -0.2) is 9.78 Å². The Kier molecular flexibility index (Phi) is 5.28. The van der Waals surface area contributed by atoms with E-state index in [1.165, 1.54) is 18.3 Å². The number of rotatable bonds is 4. The summed E-state index contributed by atoms with van der Waals surface area (Å²) in [7, 11) is 0. The fraction of sp³-hybridized carbons (Fsp3) is 0.250. The van der Waals surface area contributed by atoms with E-state index in [0.29, 0.717) is 11.5 Å². The summed E-state index contributed by atoms with van der Waals surface area (Å²) in [6.07, 6.45) is -2.99. The standard InChI is InChI=1S/C16H17F3N4O/c1-10(2)21-15(24)23-13-6-7-14(20-9-13)22-12-5-3-4-11(8-12)16(17,18)19/h3-10H,1-2H3,(H,20,22)(H2,21,23,24). The molecule has 0 radical (unpaired) electrons. The monoisotopic (exact) mass is 338 g/mol. The first-order chi connectivity index (χ1) is 11.2. The summed E-state index contributed by atoms with van der Waals surface area (Å²) >= 11 is 0. The van der Waals surface area contributed by atoms with Gasteiger partial charge in [-0.3, -0.25) is 0 Å². The van der Waals surface area contributed by atoms with Gasteiger partial charge in [-0.15, -0.1) is 0 Å². The Hall–Kier alpha value is -2.77. The normalized spacial score (nSPS) is 11.2. The summed E-state index contributed by atoms with van der Waals surface area (Å²) in [5, 5.41) is 8.06. The Bertz CT molecular complexity index is 699.